The van der Waals surface area contributed by atoms with E-state index in [-0.39, 0.29) is 18.6 Å². The van der Waals surface area contributed by atoms with Crippen molar-refractivity contribution in [1.82, 2.24) is 19.7 Å². The van der Waals surface area contributed by atoms with Crippen molar-refractivity contribution in [3.8, 4) is 0 Å². The van der Waals surface area contributed by atoms with Gasteiger partial charge in [0.05, 0.1) is 12.7 Å². The van der Waals surface area contributed by atoms with Crippen LogP contribution < -0.4 is 0 Å². The Balaban J connectivity index is 1.56. The number of fused-ring (bicyclic) bond motifs is 1. The monoisotopic (exact) mass is 286 g/mol. The van der Waals surface area contributed by atoms with Crippen LogP contribution >= 0.6 is 0 Å². The number of hydrogen-bond donors (Lipinski definition) is 0. The van der Waals surface area contributed by atoms with E-state index >= 15 is 0 Å². The fourth-order valence-corrected chi connectivity index (χ4v) is 2.51. The number of rotatable bonds is 4. The zero-order valence-corrected chi connectivity index (χ0v) is 12.0. The molecule has 110 valence electrons. The van der Waals surface area contributed by atoms with Gasteiger partial charge in [-0.05, 0) is 11.1 Å². The smallest absolute Gasteiger partial charge is 0.244 e. The van der Waals surface area contributed by atoms with Gasteiger partial charge < -0.3 is 9.64 Å². The third-order valence-electron chi connectivity index (χ3n) is 3.71. The Morgan fingerprint density at radius 3 is 3.00 bits per heavy atom. The fraction of sp³-hybridized carbons (Fsp3) is 0.400. The lowest BCUT2D eigenvalue weighted by Gasteiger charge is -2.29. The molecular weight excluding hydrogens is 268 g/mol. The number of likely N-dealkylation sites (N-methyl/N-ethyl adjacent to an activating group) is 1. The molecule has 1 aromatic carbocycles. The van der Waals surface area contributed by atoms with Crippen molar-refractivity contribution in [2.45, 2.75) is 25.7 Å². The highest BCUT2D eigenvalue weighted by Gasteiger charge is 2.22. The Morgan fingerprint density at radius 1 is 1.43 bits per heavy atom. The van der Waals surface area contributed by atoms with Crippen molar-refractivity contribution in [3.63, 3.8) is 0 Å². The highest BCUT2D eigenvalue weighted by Crippen LogP contribution is 2.20. The molecule has 21 heavy (non-hydrogen) atoms. The molecule has 0 N–H and O–H groups in total. The summed E-state index contributed by atoms with van der Waals surface area (Å²) in [5.74, 6) is 0.00274. The van der Waals surface area contributed by atoms with Gasteiger partial charge in [0.1, 0.15) is 19.2 Å². The summed E-state index contributed by atoms with van der Waals surface area (Å²) in [5, 5.41) is 3.94. The minimum atomic E-state index is 0.00274. The summed E-state index contributed by atoms with van der Waals surface area (Å²) in [6.45, 7) is 1.41. The van der Waals surface area contributed by atoms with Crippen molar-refractivity contribution < 1.29 is 9.53 Å². The summed E-state index contributed by atoms with van der Waals surface area (Å²) in [7, 11) is 1.79. The quantitative estimate of drug-likeness (QED) is 0.837. The molecule has 1 aliphatic rings. The molecule has 0 saturated heterocycles. The highest BCUT2D eigenvalue weighted by atomic mass is 16.5. The lowest BCUT2D eigenvalue weighted by molar-refractivity contribution is -0.132. The number of hydrogen-bond acceptors (Lipinski definition) is 4. The van der Waals surface area contributed by atoms with Gasteiger partial charge in [0.15, 0.2) is 0 Å². The average Bonchev–Trinajstić information content (AvgIpc) is 3.00. The van der Waals surface area contributed by atoms with Gasteiger partial charge in [0.25, 0.3) is 0 Å². The molecule has 0 fully saturated rings. The van der Waals surface area contributed by atoms with Crippen LogP contribution in [0, 0.1) is 0 Å². The van der Waals surface area contributed by atoms with E-state index in [1.165, 1.54) is 22.1 Å². The predicted molar refractivity (Wildman–Crippen MR) is 76.4 cm³/mol. The summed E-state index contributed by atoms with van der Waals surface area (Å²) < 4.78 is 7.36. The topological polar surface area (TPSA) is 60.2 Å². The van der Waals surface area contributed by atoms with E-state index in [9.17, 15) is 4.79 Å². The standard InChI is InChI=1S/C15H18N4O2/c1-18(15(20)8-19-11-16-10-17-19)7-14-6-12-4-2-3-5-13(12)9-21-14/h2-5,10-11,14H,6-9H2,1H3. The SMILES string of the molecule is CN(CC1Cc2ccccc2CO1)C(=O)Cn1cncn1. The van der Waals surface area contributed by atoms with Crippen molar-refractivity contribution >= 4 is 5.91 Å². The first-order valence-corrected chi connectivity index (χ1v) is 6.97. The van der Waals surface area contributed by atoms with Crippen LogP contribution in [0.25, 0.3) is 0 Å². The van der Waals surface area contributed by atoms with Crippen LogP contribution in [0.1, 0.15) is 11.1 Å². The van der Waals surface area contributed by atoms with Gasteiger partial charge in [-0.2, -0.15) is 5.10 Å². The van der Waals surface area contributed by atoms with Gasteiger partial charge >= 0.3 is 0 Å². The summed E-state index contributed by atoms with van der Waals surface area (Å²) in [6.07, 6.45) is 3.86. The number of carbonyl (C=O) groups excluding carboxylic acids is 1. The molecule has 1 amide bonds. The van der Waals surface area contributed by atoms with E-state index in [4.69, 9.17) is 4.74 Å². The molecule has 1 unspecified atom stereocenters. The third-order valence-corrected chi connectivity index (χ3v) is 3.71. The second-order valence-electron chi connectivity index (χ2n) is 5.27. The highest BCUT2D eigenvalue weighted by molar-refractivity contribution is 5.75. The van der Waals surface area contributed by atoms with E-state index < -0.39 is 0 Å². The fourth-order valence-electron chi connectivity index (χ4n) is 2.51. The van der Waals surface area contributed by atoms with E-state index in [1.807, 2.05) is 12.1 Å². The second-order valence-corrected chi connectivity index (χ2v) is 5.27. The third kappa shape index (κ3) is 3.28. The van der Waals surface area contributed by atoms with Gasteiger partial charge in [-0.1, -0.05) is 24.3 Å². The van der Waals surface area contributed by atoms with Crippen LogP contribution in [-0.4, -0.2) is 45.3 Å². The lowest BCUT2D eigenvalue weighted by atomic mass is 9.99. The zero-order chi connectivity index (χ0) is 14.7. The minimum Gasteiger partial charge on any atom is -0.371 e. The Kier molecular flexibility index (Phi) is 3.96. The maximum absolute atomic E-state index is 12.1. The average molecular weight is 286 g/mol. The number of amides is 1. The van der Waals surface area contributed by atoms with Crippen molar-refractivity contribution in [1.29, 1.82) is 0 Å². The van der Waals surface area contributed by atoms with Crippen LogP contribution in [-0.2, 0) is 29.1 Å². The number of benzene rings is 1. The number of aromatic nitrogens is 3. The minimum absolute atomic E-state index is 0.00274. The lowest BCUT2D eigenvalue weighted by Crippen LogP contribution is -2.39. The molecule has 1 atom stereocenters. The normalized spacial score (nSPS) is 17.3. The van der Waals surface area contributed by atoms with E-state index in [2.05, 4.69) is 22.2 Å². The van der Waals surface area contributed by atoms with Gasteiger partial charge in [0.2, 0.25) is 5.91 Å². The van der Waals surface area contributed by atoms with Gasteiger partial charge in [0, 0.05) is 20.0 Å². The predicted octanol–water partition coefficient (Wildman–Crippen LogP) is 0.878. The maximum atomic E-state index is 12.1. The Bertz CT molecular complexity index is 612. The largest absolute Gasteiger partial charge is 0.371 e. The molecule has 0 saturated carbocycles. The first-order chi connectivity index (χ1) is 10.2. The summed E-state index contributed by atoms with van der Waals surface area (Å²) in [6, 6.07) is 8.28. The molecule has 3 rings (SSSR count). The molecule has 1 aliphatic heterocycles. The first-order valence-electron chi connectivity index (χ1n) is 6.97. The number of carbonyl (C=O) groups is 1. The van der Waals surface area contributed by atoms with E-state index in [0.29, 0.717) is 13.2 Å². The Hall–Kier alpha value is -2.21. The molecule has 0 spiro atoms. The Labute approximate surface area is 123 Å². The number of ether oxygens (including phenoxy) is 1. The van der Waals surface area contributed by atoms with Crippen LogP contribution in [0.5, 0.6) is 0 Å². The Morgan fingerprint density at radius 2 is 2.24 bits per heavy atom. The van der Waals surface area contributed by atoms with Crippen molar-refractivity contribution in [2.75, 3.05) is 13.6 Å². The van der Waals surface area contributed by atoms with Gasteiger partial charge in [-0.15, -0.1) is 0 Å². The maximum Gasteiger partial charge on any atom is 0.244 e. The van der Waals surface area contributed by atoms with E-state index in [0.717, 1.165) is 6.42 Å². The zero-order valence-electron chi connectivity index (χ0n) is 12.0. The molecule has 6 heteroatoms. The van der Waals surface area contributed by atoms with Gasteiger partial charge in [-0.3, -0.25) is 4.79 Å². The molecule has 2 aromatic rings. The summed E-state index contributed by atoms with van der Waals surface area (Å²) in [4.78, 5) is 17.6. The molecule has 0 radical (unpaired) electrons. The molecule has 2 heterocycles. The first kappa shape index (κ1) is 13.8. The molecule has 1 aromatic heterocycles. The van der Waals surface area contributed by atoms with Crippen molar-refractivity contribution in [2.24, 2.45) is 0 Å². The summed E-state index contributed by atoms with van der Waals surface area (Å²) in [5.41, 5.74) is 2.55. The number of nitrogens with zero attached hydrogens (tertiary/aromatic N) is 4. The van der Waals surface area contributed by atoms with Crippen LogP contribution in [0.15, 0.2) is 36.9 Å². The molecule has 0 bridgehead atoms. The molecular formula is C15H18N4O2. The van der Waals surface area contributed by atoms with Crippen LogP contribution in [0.4, 0.5) is 0 Å². The molecule has 0 aliphatic carbocycles. The van der Waals surface area contributed by atoms with Crippen LogP contribution in [0.3, 0.4) is 0 Å². The summed E-state index contributed by atoms with van der Waals surface area (Å²) >= 11 is 0. The van der Waals surface area contributed by atoms with Crippen LogP contribution in [0.2, 0.25) is 0 Å². The van der Waals surface area contributed by atoms with Gasteiger partial charge in [-0.25, -0.2) is 9.67 Å². The molecule has 6 nitrogen and oxygen atoms in total. The van der Waals surface area contributed by atoms with Crippen molar-refractivity contribution in [3.05, 3.63) is 48.0 Å². The second kappa shape index (κ2) is 6.05. The van der Waals surface area contributed by atoms with E-state index in [1.54, 1.807) is 18.3 Å².